The fourth-order valence-corrected chi connectivity index (χ4v) is 4.74. The van der Waals surface area contributed by atoms with Crippen molar-refractivity contribution >= 4 is 33.5 Å². The number of hydrogen-bond donors (Lipinski definition) is 0. The zero-order valence-corrected chi connectivity index (χ0v) is 20.5. The van der Waals surface area contributed by atoms with E-state index in [1.165, 1.54) is 10.9 Å². The number of fused-ring (bicyclic) bond motifs is 1. The van der Waals surface area contributed by atoms with E-state index in [1.54, 1.807) is 25.1 Å². The molecular weight excluding hydrogens is 464 g/mol. The quantitative estimate of drug-likeness (QED) is 0.314. The SMILES string of the molecule is CCCOC(=O)c1cccc(Cn2cnc3sc(C(=O)OCCc4ccccc4)c(C)c3c2=O)c1. The highest BCUT2D eigenvalue weighted by atomic mass is 32.1. The molecule has 0 unspecified atom stereocenters. The van der Waals surface area contributed by atoms with Crippen molar-refractivity contribution in [2.24, 2.45) is 0 Å². The molecule has 0 amide bonds. The summed E-state index contributed by atoms with van der Waals surface area (Å²) in [5.41, 5.74) is 2.61. The van der Waals surface area contributed by atoms with Crippen LogP contribution in [0, 0.1) is 6.92 Å². The number of rotatable bonds is 9. The second-order valence-electron chi connectivity index (χ2n) is 8.12. The zero-order chi connectivity index (χ0) is 24.8. The number of esters is 2. The van der Waals surface area contributed by atoms with E-state index in [4.69, 9.17) is 9.47 Å². The van der Waals surface area contributed by atoms with Crippen LogP contribution >= 0.6 is 11.3 Å². The molecule has 0 saturated heterocycles. The van der Waals surface area contributed by atoms with Gasteiger partial charge in [0.25, 0.3) is 5.56 Å². The minimum Gasteiger partial charge on any atom is -0.462 e. The molecule has 0 fully saturated rings. The van der Waals surface area contributed by atoms with Crippen LogP contribution in [-0.4, -0.2) is 34.7 Å². The predicted molar refractivity (Wildman–Crippen MR) is 135 cm³/mol. The first kappa shape index (κ1) is 24.3. The molecule has 2 heterocycles. The van der Waals surface area contributed by atoms with Crippen LogP contribution in [0.1, 0.15) is 50.1 Å². The van der Waals surface area contributed by atoms with Crippen LogP contribution in [0.4, 0.5) is 0 Å². The van der Waals surface area contributed by atoms with Gasteiger partial charge in [0, 0.05) is 6.42 Å². The molecule has 4 rings (SSSR count). The van der Waals surface area contributed by atoms with E-state index < -0.39 is 11.9 Å². The third kappa shape index (κ3) is 5.66. The highest BCUT2D eigenvalue weighted by Gasteiger charge is 2.21. The average molecular weight is 491 g/mol. The Morgan fingerprint density at radius 2 is 1.71 bits per heavy atom. The number of benzene rings is 2. The molecule has 2 aromatic heterocycles. The molecule has 8 heteroatoms. The van der Waals surface area contributed by atoms with Crippen molar-refractivity contribution in [3.63, 3.8) is 0 Å². The van der Waals surface area contributed by atoms with Crippen LogP contribution in [-0.2, 0) is 22.4 Å². The van der Waals surface area contributed by atoms with Crippen molar-refractivity contribution in [3.8, 4) is 0 Å². The van der Waals surface area contributed by atoms with Gasteiger partial charge in [-0.3, -0.25) is 9.36 Å². The molecule has 0 radical (unpaired) electrons. The summed E-state index contributed by atoms with van der Waals surface area (Å²) in [7, 11) is 0. The molecule has 180 valence electrons. The number of carbonyl (C=O) groups is 2. The van der Waals surface area contributed by atoms with Crippen molar-refractivity contribution in [2.75, 3.05) is 13.2 Å². The summed E-state index contributed by atoms with van der Waals surface area (Å²) in [5.74, 6) is -0.843. The first-order chi connectivity index (χ1) is 17.0. The molecular formula is C27H26N2O5S. The summed E-state index contributed by atoms with van der Waals surface area (Å²) in [6, 6.07) is 16.8. The maximum Gasteiger partial charge on any atom is 0.348 e. The van der Waals surface area contributed by atoms with Crippen LogP contribution in [0.2, 0.25) is 0 Å². The number of ether oxygens (including phenoxy) is 2. The standard InChI is InChI=1S/C27H26N2O5S/c1-3-13-33-26(31)21-11-7-10-20(15-21)16-29-17-28-24-22(25(29)30)18(2)23(35-24)27(32)34-14-12-19-8-5-4-6-9-19/h4-11,15,17H,3,12-14,16H2,1-2H3. The number of aromatic nitrogens is 2. The Morgan fingerprint density at radius 1 is 0.971 bits per heavy atom. The predicted octanol–water partition coefficient (Wildman–Crippen LogP) is 4.78. The Hall–Kier alpha value is -3.78. The Balaban J connectivity index is 1.51. The van der Waals surface area contributed by atoms with Gasteiger partial charge in [0.05, 0.1) is 37.0 Å². The van der Waals surface area contributed by atoms with E-state index in [-0.39, 0.29) is 18.7 Å². The lowest BCUT2D eigenvalue weighted by Crippen LogP contribution is -2.21. The molecule has 0 N–H and O–H groups in total. The second kappa shape index (κ2) is 11.1. The van der Waals surface area contributed by atoms with Crippen LogP contribution in [0.5, 0.6) is 0 Å². The topological polar surface area (TPSA) is 87.5 Å². The fourth-order valence-electron chi connectivity index (χ4n) is 3.71. The van der Waals surface area contributed by atoms with Crippen molar-refractivity contribution in [1.29, 1.82) is 0 Å². The second-order valence-corrected chi connectivity index (χ2v) is 9.12. The van der Waals surface area contributed by atoms with Gasteiger partial charge in [-0.15, -0.1) is 11.3 Å². The molecule has 35 heavy (non-hydrogen) atoms. The summed E-state index contributed by atoms with van der Waals surface area (Å²) in [6.07, 6.45) is 2.83. The van der Waals surface area contributed by atoms with Gasteiger partial charge in [0.2, 0.25) is 0 Å². The van der Waals surface area contributed by atoms with Crippen LogP contribution in [0.15, 0.2) is 65.7 Å². The van der Waals surface area contributed by atoms with E-state index in [0.29, 0.717) is 39.2 Å². The average Bonchev–Trinajstić information content (AvgIpc) is 3.22. The van der Waals surface area contributed by atoms with Crippen molar-refractivity contribution in [1.82, 2.24) is 9.55 Å². The molecule has 2 aromatic carbocycles. The minimum atomic E-state index is -0.453. The summed E-state index contributed by atoms with van der Waals surface area (Å²) in [5, 5.41) is 0.408. The summed E-state index contributed by atoms with van der Waals surface area (Å²) < 4.78 is 12.1. The zero-order valence-electron chi connectivity index (χ0n) is 19.7. The van der Waals surface area contributed by atoms with Crippen molar-refractivity contribution < 1.29 is 19.1 Å². The van der Waals surface area contributed by atoms with Crippen molar-refractivity contribution in [3.05, 3.63) is 98.4 Å². The maximum absolute atomic E-state index is 13.2. The van der Waals surface area contributed by atoms with Gasteiger partial charge in [0.1, 0.15) is 9.71 Å². The highest BCUT2D eigenvalue weighted by molar-refractivity contribution is 7.20. The van der Waals surface area contributed by atoms with Crippen LogP contribution in [0.25, 0.3) is 10.2 Å². The number of aryl methyl sites for hydroxylation is 1. The molecule has 0 atom stereocenters. The lowest BCUT2D eigenvalue weighted by atomic mass is 10.1. The van der Waals surface area contributed by atoms with E-state index in [9.17, 15) is 14.4 Å². The van der Waals surface area contributed by atoms with Gasteiger partial charge in [0.15, 0.2) is 0 Å². The summed E-state index contributed by atoms with van der Waals surface area (Å²) in [6.45, 7) is 4.53. The number of thiophene rings is 1. The molecule has 0 saturated carbocycles. The largest absolute Gasteiger partial charge is 0.462 e. The number of carbonyl (C=O) groups excluding carboxylic acids is 2. The van der Waals surface area contributed by atoms with Gasteiger partial charge >= 0.3 is 11.9 Å². The lowest BCUT2D eigenvalue weighted by Gasteiger charge is -2.08. The van der Waals surface area contributed by atoms with Crippen LogP contribution in [0.3, 0.4) is 0 Å². The Morgan fingerprint density at radius 3 is 2.49 bits per heavy atom. The molecule has 0 bridgehead atoms. The van der Waals surface area contributed by atoms with Crippen LogP contribution < -0.4 is 5.56 Å². The Labute approximate surface area is 207 Å². The number of nitrogens with zero attached hydrogens (tertiary/aromatic N) is 2. The molecule has 7 nitrogen and oxygen atoms in total. The minimum absolute atomic E-state index is 0.239. The molecule has 4 aromatic rings. The summed E-state index contributed by atoms with van der Waals surface area (Å²) >= 11 is 1.16. The molecule has 0 aliphatic carbocycles. The first-order valence-electron chi connectivity index (χ1n) is 11.4. The van der Waals surface area contributed by atoms with E-state index in [0.717, 1.165) is 28.9 Å². The summed E-state index contributed by atoms with van der Waals surface area (Å²) in [4.78, 5) is 43.4. The smallest absolute Gasteiger partial charge is 0.348 e. The van der Waals surface area contributed by atoms with Gasteiger partial charge in [-0.2, -0.15) is 0 Å². The van der Waals surface area contributed by atoms with E-state index in [1.807, 2.05) is 43.3 Å². The van der Waals surface area contributed by atoms with Crippen molar-refractivity contribution in [2.45, 2.75) is 33.2 Å². The third-order valence-electron chi connectivity index (χ3n) is 5.52. The first-order valence-corrected chi connectivity index (χ1v) is 12.2. The van der Waals surface area contributed by atoms with Gasteiger partial charge in [-0.25, -0.2) is 14.6 Å². The third-order valence-corrected chi connectivity index (χ3v) is 6.70. The fraction of sp³-hybridized carbons (Fsp3) is 0.259. The van der Waals surface area contributed by atoms with E-state index in [2.05, 4.69) is 4.98 Å². The maximum atomic E-state index is 13.2. The Bertz CT molecular complexity index is 1410. The highest BCUT2D eigenvalue weighted by Crippen LogP contribution is 2.27. The normalized spacial score (nSPS) is 10.9. The van der Waals surface area contributed by atoms with Gasteiger partial charge < -0.3 is 9.47 Å². The van der Waals surface area contributed by atoms with Gasteiger partial charge in [-0.1, -0.05) is 49.4 Å². The molecule has 0 spiro atoms. The monoisotopic (exact) mass is 490 g/mol. The molecule has 0 aliphatic heterocycles. The number of hydrogen-bond acceptors (Lipinski definition) is 7. The lowest BCUT2D eigenvalue weighted by molar-refractivity contribution is 0.0499. The molecule has 0 aliphatic rings. The van der Waals surface area contributed by atoms with E-state index >= 15 is 0 Å². The Kier molecular flexibility index (Phi) is 7.72. The van der Waals surface area contributed by atoms with Gasteiger partial charge in [-0.05, 0) is 42.2 Å².